The van der Waals surface area contributed by atoms with Crippen LogP contribution in [0.15, 0.2) is 59.6 Å². The second-order valence-corrected chi connectivity index (χ2v) is 8.91. The van der Waals surface area contributed by atoms with Gasteiger partial charge >= 0.3 is 0 Å². The van der Waals surface area contributed by atoms with Crippen LogP contribution in [0.5, 0.6) is 0 Å². The molecule has 1 fully saturated rings. The van der Waals surface area contributed by atoms with Crippen LogP contribution in [0.2, 0.25) is 0 Å². The maximum Gasteiger partial charge on any atom is 0.295 e. The fraction of sp³-hybridized carbons (Fsp3) is 0.320. The molecule has 3 heterocycles. The zero-order chi connectivity index (χ0) is 23.5. The molecule has 8 heteroatoms. The molecule has 33 heavy (non-hydrogen) atoms. The van der Waals surface area contributed by atoms with Gasteiger partial charge in [-0.2, -0.15) is 5.10 Å². The molecule has 1 unspecified atom stereocenters. The van der Waals surface area contributed by atoms with E-state index in [1.54, 1.807) is 15.8 Å². The number of thiophene rings is 1. The number of aliphatic hydroxyl groups is 1. The van der Waals surface area contributed by atoms with Gasteiger partial charge in [-0.25, -0.2) is 4.68 Å². The molecule has 1 N–H and O–H groups in total. The molecule has 0 bridgehead atoms. The quantitative estimate of drug-likeness (QED) is 0.310. The highest BCUT2D eigenvalue weighted by Gasteiger charge is 2.46. The lowest BCUT2D eigenvalue weighted by molar-refractivity contribution is -0.140. The maximum absolute atomic E-state index is 13.2. The summed E-state index contributed by atoms with van der Waals surface area (Å²) in [5.74, 6) is -1.41. The summed E-state index contributed by atoms with van der Waals surface area (Å²) in [7, 11) is 0. The highest BCUT2D eigenvalue weighted by atomic mass is 32.1. The molecule has 1 aliphatic heterocycles. The van der Waals surface area contributed by atoms with Crippen molar-refractivity contribution in [1.82, 2.24) is 19.6 Å². The van der Waals surface area contributed by atoms with E-state index in [1.807, 2.05) is 54.8 Å². The Labute approximate surface area is 197 Å². The molecule has 1 aromatic carbocycles. The van der Waals surface area contributed by atoms with Crippen molar-refractivity contribution in [2.75, 3.05) is 26.2 Å². The molecule has 1 saturated heterocycles. The number of hydrogen-bond donors (Lipinski definition) is 1. The van der Waals surface area contributed by atoms with Crippen LogP contribution in [0.1, 0.15) is 36.0 Å². The number of carbonyl (C=O) groups is 2. The second kappa shape index (κ2) is 9.72. The highest BCUT2D eigenvalue weighted by Crippen LogP contribution is 2.41. The van der Waals surface area contributed by atoms with E-state index < -0.39 is 17.7 Å². The van der Waals surface area contributed by atoms with Gasteiger partial charge in [0.25, 0.3) is 11.7 Å². The minimum absolute atomic E-state index is 0.123. The Bertz CT molecular complexity index is 1160. The summed E-state index contributed by atoms with van der Waals surface area (Å²) in [5, 5.41) is 17.7. The van der Waals surface area contributed by atoms with Gasteiger partial charge in [0.05, 0.1) is 34.8 Å². The van der Waals surface area contributed by atoms with Crippen LogP contribution in [0, 0.1) is 6.92 Å². The second-order valence-electron chi connectivity index (χ2n) is 7.93. The van der Waals surface area contributed by atoms with Crippen molar-refractivity contribution < 1.29 is 14.7 Å². The van der Waals surface area contributed by atoms with E-state index in [0.29, 0.717) is 24.3 Å². The van der Waals surface area contributed by atoms with Crippen LogP contribution in [0.25, 0.3) is 11.4 Å². The van der Waals surface area contributed by atoms with Gasteiger partial charge in [0.1, 0.15) is 5.76 Å². The molecule has 3 aromatic rings. The summed E-state index contributed by atoms with van der Waals surface area (Å²) in [6.45, 7) is 8.78. The predicted octanol–water partition coefficient (Wildman–Crippen LogP) is 4.01. The number of para-hydroxylation sites is 1. The maximum atomic E-state index is 13.2. The molecule has 0 saturated carbocycles. The summed E-state index contributed by atoms with van der Waals surface area (Å²) in [6, 6.07) is 12.8. The molecule has 1 aliphatic rings. The Kier molecular flexibility index (Phi) is 6.76. The van der Waals surface area contributed by atoms with Gasteiger partial charge in [-0.1, -0.05) is 38.1 Å². The van der Waals surface area contributed by atoms with E-state index in [2.05, 4.69) is 23.8 Å². The standard InChI is InChI=1S/C25H28N4O3S/c1-4-27(5-2)13-14-28-22(20-12-9-15-33-20)21(24(31)25(28)32)23(30)19-16-26-29(17(19)3)18-10-7-6-8-11-18/h6-12,15-16,22,30H,4-5,13-14H2,1-3H3/b23-21+. The minimum Gasteiger partial charge on any atom is -0.507 e. The summed E-state index contributed by atoms with van der Waals surface area (Å²) >= 11 is 1.47. The number of aromatic nitrogens is 2. The van der Waals surface area contributed by atoms with Gasteiger partial charge in [-0.15, -0.1) is 11.3 Å². The lowest BCUT2D eigenvalue weighted by Crippen LogP contribution is -2.37. The van der Waals surface area contributed by atoms with Crippen molar-refractivity contribution in [2.24, 2.45) is 0 Å². The molecule has 0 aliphatic carbocycles. The summed E-state index contributed by atoms with van der Waals surface area (Å²) in [4.78, 5) is 30.9. The molecule has 2 aromatic heterocycles. The minimum atomic E-state index is -0.655. The number of aliphatic hydroxyl groups excluding tert-OH is 1. The number of amides is 1. The number of ketones is 1. The Balaban J connectivity index is 1.77. The number of carbonyl (C=O) groups excluding carboxylic acids is 2. The fourth-order valence-corrected chi connectivity index (χ4v) is 5.10. The van der Waals surface area contributed by atoms with Gasteiger partial charge in [0.15, 0.2) is 0 Å². The summed E-state index contributed by atoms with van der Waals surface area (Å²) in [6.07, 6.45) is 1.55. The molecule has 172 valence electrons. The first kappa shape index (κ1) is 22.9. The van der Waals surface area contributed by atoms with Gasteiger partial charge in [0.2, 0.25) is 0 Å². The summed E-state index contributed by atoms with van der Waals surface area (Å²) in [5.41, 5.74) is 2.11. The van der Waals surface area contributed by atoms with Gasteiger partial charge in [-0.05, 0) is 43.6 Å². The van der Waals surface area contributed by atoms with Crippen molar-refractivity contribution >= 4 is 28.8 Å². The van der Waals surface area contributed by atoms with E-state index in [4.69, 9.17) is 0 Å². The largest absolute Gasteiger partial charge is 0.507 e. The Morgan fingerprint density at radius 3 is 2.48 bits per heavy atom. The first-order chi connectivity index (χ1) is 16.0. The van der Waals surface area contributed by atoms with Crippen molar-refractivity contribution in [3.63, 3.8) is 0 Å². The number of nitrogens with zero attached hydrogens (tertiary/aromatic N) is 4. The number of benzene rings is 1. The van der Waals surface area contributed by atoms with Crippen LogP contribution in [0.4, 0.5) is 0 Å². The first-order valence-corrected chi connectivity index (χ1v) is 12.0. The third kappa shape index (κ3) is 4.24. The van der Waals surface area contributed by atoms with Crippen LogP contribution in [-0.4, -0.2) is 62.6 Å². The third-order valence-electron chi connectivity index (χ3n) is 6.17. The van der Waals surface area contributed by atoms with E-state index in [0.717, 1.165) is 23.7 Å². The van der Waals surface area contributed by atoms with Crippen molar-refractivity contribution in [2.45, 2.75) is 26.8 Å². The molecular weight excluding hydrogens is 436 g/mol. The van der Waals surface area contributed by atoms with Crippen molar-refractivity contribution in [1.29, 1.82) is 0 Å². The monoisotopic (exact) mass is 464 g/mol. The molecular formula is C25H28N4O3S. The third-order valence-corrected chi connectivity index (χ3v) is 7.09. The number of likely N-dealkylation sites (tertiary alicyclic amines) is 1. The highest BCUT2D eigenvalue weighted by molar-refractivity contribution is 7.10. The number of rotatable bonds is 8. The predicted molar refractivity (Wildman–Crippen MR) is 129 cm³/mol. The molecule has 0 spiro atoms. The van der Waals surface area contributed by atoms with Crippen molar-refractivity contribution in [3.8, 4) is 5.69 Å². The van der Waals surface area contributed by atoms with E-state index in [9.17, 15) is 14.7 Å². The number of Topliss-reactive ketones (excluding diaryl/α,β-unsaturated/α-hetero) is 1. The van der Waals surface area contributed by atoms with Crippen molar-refractivity contribution in [3.05, 3.63) is 75.7 Å². The van der Waals surface area contributed by atoms with Crippen LogP contribution in [-0.2, 0) is 9.59 Å². The first-order valence-electron chi connectivity index (χ1n) is 11.1. The van der Waals surface area contributed by atoms with Crippen LogP contribution >= 0.6 is 11.3 Å². The fourth-order valence-electron chi connectivity index (χ4n) is 4.26. The molecule has 7 nitrogen and oxygen atoms in total. The zero-order valence-electron chi connectivity index (χ0n) is 19.1. The average molecular weight is 465 g/mol. The Morgan fingerprint density at radius 1 is 1.12 bits per heavy atom. The van der Waals surface area contributed by atoms with E-state index in [-0.39, 0.29) is 11.3 Å². The van der Waals surface area contributed by atoms with Crippen LogP contribution < -0.4 is 0 Å². The molecule has 4 rings (SSSR count). The van der Waals surface area contributed by atoms with Gasteiger partial charge in [0, 0.05) is 18.0 Å². The lowest BCUT2D eigenvalue weighted by atomic mass is 10.00. The zero-order valence-corrected chi connectivity index (χ0v) is 19.9. The van der Waals surface area contributed by atoms with E-state index >= 15 is 0 Å². The molecule has 1 atom stereocenters. The SMILES string of the molecule is CCN(CC)CCN1C(=O)C(=O)/C(=C(/O)c2cnn(-c3ccccc3)c2C)C1c1cccs1. The van der Waals surface area contributed by atoms with E-state index in [1.165, 1.54) is 11.3 Å². The van der Waals surface area contributed by atoms with Gasteiger partial charge in [-0.3, -0.25) is 9.59 Å². The topological polar surface area (TPSA) is 78.7 Å². The molecule has 1 amide bonds. The lowest BCUT2D eigenvalue weighted by Gasteiger charge is -2.27. The summed E-state index contributed by atoms with van der Waals surface area (Å²) < 4.78 is 1.71. The Morgan fingerprint density at radius 2 is 1.85 bits per heavy atom. The van der Waals surface area contributed by atoms with Gasteiger partial charge < -0.3 is 14.9 Å². The number of hydrogen-bond acceptors (Lipinski definition) is 6. The molecule has 0 radical (unpaired) electrons. The number of likely N-dealkylation sites (N-methyl/N-ethyl adjacent to an activating group) is 1. The smallest absolute Gasteiger partial charge is 0.295 e. The Hall–Kier alpha value is -3.23. The van der Waals surface area contributed by atoms with Crippen LogP contribution in [0.3, 0.4) is 0 Å². The normalized spacial score (nSPS) is 17.9. The average Bonchev–Trinajstić information content (AvgIpc) is 3.55.